The van der Waals surface area contributed by atoms with E-state index in [1.54, 1.807) is 37.5 Å². The van der Waals surface area contributed by atoms with Crippen molar-refractivity contribution in [3.05, 3.63) is 76.4 Å². The van der Waals surface area contributed by atoms with Gasteiger partial charge < -0.3 is 9.32 Å². The molecule has 0 bridgehead atoms. The van der Waals surface area contributed by atoms with Gasteiger partial charge in [0.1, 0.15) is 11.1 Å². The lowest BCUT2D eigenvalue weighted by atomic mass is 10.1. The Morgan fingerprint density at radius 2 is 1.95 bits per heavy atom. The van der Waals surface area contributed by atoms with Crippen LogP contribution < -0.4 is 5.63 Å². The van der Waals surface area contributed by atoms with Crippen LogP contribution in [-0.4, -0.2) is 22.8 Å². The molecule has 0 saturated carbocycles. The van der Waals surface area contributed by atoms with E-state index < -0.39 is 5.63 Å². The molecule has 0 unspecified atom stereocenters. The number of carbonyl (C=O) groups is 1. The van der Waals surface area contributed by atoms with E-state index >= 15 is 0 Å². The minimum Gasteiger partial charge on any atom is -0.422 e. The molecule has 110 valence electrons. The summed E-state index contributed by atoms with van der Waals surface area (Å²) in [6.07, 6.45) is 1.66. The van der Waals surface area contributed by atoms with E-state index in [1.807, 2.05) is 24.3 Å². The standard InChI is InChI=1S/C17H14N2O3/c1-19(11-13-7-4-5-9-18-13)16(20)14-10-12-6-2-3-8-15(12)22-17(14)21/h2-10H,11H2,1H3. The third-order valence-electron chi connectivity index (χ3n) is 3.34. The molecule has 0 radical (unpaired) electrons. The first-order valence-corrected chi connectivity index (χ1v) is 6.83. The molecule has 0 spiro atoms. The van der Waals surface area contributed by atoms with Crippen molar-refractivity contribution >= 4 is 16.9 Å². The Balaban J connectivity index is 1.91. The van der Waals surface area contributed by atoms with E-state index in [4.69, 9.17) is 4.42 Å². The number of hydrogen-bond donors (Lipinski definition) is 0. The van der Waals surface area contributed by atoms with Gasteiger partial charge in [-0.15, -0.1) is 0 Å². The maximum Gasteiger partial charge on any atom is 0.349 e. The summed E-state index contributed by atoms with van der Waals surface area (Å²) in [5.41, 5.74) is 0.619. The predicted molar refractivity (Wildman–Crippen MR) is 82.5 cm³/mol. The summed E-state index contributed by atoms with van der Waals surface area (Å²) < 4.78 is 5.20. The van der Waals surface area contributed by atoms with Crippen LogP contribution in [0.15, 0.2) is 63.9 Å². The molecule has 5 heteroatoms. The normalized spacial score (nSPS) is 10.6. The van der Waals surface area contributed by atoms with Crippen LogP contribution in [0.4, 0.5) is 0 Å². The zero-order valence-corrected chi connectivity index (χ0v) is 12.0. The Morgan fingerprint density at radius 3 is 2.73 bits per heavy atom. The summed E-state index contributed by atoms with van der Waals surface area (Å²) >= 11 is 0. The maximum atomic E-state index is 12.5. The van der Waals surface area contributed by atoms with Crippen LogP contribution in [0.2, 0.25) is 0 Å². The van der Waals surface area contributed by atoms with E-state index in [0.29, 0.717) is 12.1 Å². The number of para-hydroxylation sites is 1. The average Bonchev–Trinajstić information content (AvgIpc) is 2.54. The fourth-order valence-corrected chi connectivity index (χ4v) is 2.22. The van der Waals surface area contributed by atoms with Gasteiger partial charge in [-0.3, -0.25) is 9.78 Å². The third-order valence-corrected chi connectivity index (χ3v) is 3.34. The number of fused-ring (bicyclic) bond motifs is 1. The van der Waals surface area contributed by atoms with Gasteiger partial charge in [0.05, 0.1) is 12.2 Å². The van der Waals surface area contributed by atoms with Gasteiger partial charge in [-0.1, -0.05) is 24.3 Å². The average molecular weight is 294 g/mol. The number of hydrogen-bond acceptors (Lipinski definition) is 4. The summed E-state index contributed by atoms with van der Waals surface area (Å²) in [5.74, 6) is -0.384. The van der Waals surface area contributed by atoms with Gasteiger partial charge in [0.25, 0.3) is 5.91 Å². The lowest BCUT2D eigenvalue weighted by Crippen LogP contribution is -2.30. The van der Waals surface area contributed by atoms with Crippen LogP contribution >= 0.6 is 0 Å². The Bertz CT molecular complexity index is 872. The zero-order valence-electron chi connectivity index (χ0n) is 12.0. The Kier molecular flexibility index (Phi) is 3.70. The largest absolute Gasteiger partial charge is 0.422 e. The Labute approximate surface area is 126 Å². The lowest BCUT2D eigenvalue weighted by Gasteiger charge is -2.16. The van der Waals surface area contributed by atoms with Gasteiger partial charge in [-0.25, -0.2) is 4.79 Å². The minimum atomic E-state index is -0.628. The zero-order chi connectivity index (χ0) is 15.5. The van der Waals surface area contributed by atoms with Crippen molar-refractivity contribution in [1.82, 2.24) is 9.88 Å². The first-order valence-electron chi connectivity index (χ1n) is 6.83. The Hall–Kier alpha value is -2.95. The molecule has 0 saturated heterocycles. The molecule has 1 aromatic carbocycles. The van der Waals surface area contributed by atoms with E-state index in [9.17, 15) is 9.59 Å². The highest BCUT2D eigenvalue weighted by Gasteiger charge is 2.18. The maximum absolute atomic E-state index is 12.5. The summed E-state index contributed by atoms with van der Waals surface area (Å²) in [6.45, 7) is 0.325. The van der Waals surface area contributed by atoms with Crippen LogP contribution in [-0.2, 0) is 6.54 Å². The lowest BCUT2D eigenvalue weighted by molar-refractivity contribution is 0.0779. The quantitative estimate of drug-likeness (QED) is 0.696. The third kappa shape index (κ3) is 2.74. The summed E-state index contributed by atoms with van der Waals surface area (Å²) in [5, 5.41) is 0.719. The van der Waals surface area contributed by atoms with Crippen molar-refractivity contribution in [2.75, 3.05) is 7.05 Å². The smallest absolute Gasteiger partial charge is 0.349 e. The molecule has 0 N–H and O–H groups in total. The van der Waals surface area contributed by atoms with Crippen LogP contribution in [0.5, 0.6) is 0 Å². The van der Waals surface area contributed by atoms with Crippen molar-refractivity contribution in [3.8, 4) is 0 Å². The number of benzene rings is 1. The molecule has 3 aromatic rings. The van der Waals surface area contributed by atoms with Crippen molar-refractivity contribution in [1.29, 1.82) is 0 Å². The Morgan fingerprint density at radius 1 is 1.18 bits per heavy atom. The van der Waals surface area contributed by atoms with E-state index in [0.717, 1.165) is 11.1 Å². The summed E-state index contributed by atoms with van der Waals surface area (Å²) in [4.78, 5) is 30.1. The molecular formula is C17H14N2O3. The van der Waals surface area contributed by atoms with Crippen molar-refractivity contribution in [2.45, 2.75) is 6.54 Å². The molecular weight excluding hydrogens is 280 g/mol. The number of pyridine rings is 1. The van der Waals surface area contributed by atoms with Gasteiger partial charge >= 0.3 is 5.63 Å². The monoisotopic (exact) mass is 294 g/mol. The molecule has 3 rings (SSSR count). The number of carbonyl (C=O) groups excluding carboxylic acids is 1. The van der Waals surface area contributed by atoms with Crippen LogP contribution in [0.25, 0.3) is 11.0 Å². The van der Waals surface area contributed by atoms with Gasteiger partial charge in [-0.05, 0) is 24.3 Å². The highest BCUT2D eigenvalue weighted by atomic mass is 16.4. The van der Waals surface area contributed by atoms with Gasteiger partial charge in [0, 0.05) is 18.6 Å². The molecule has 0 atom stereocenters. The van der Waals surface area contributed by atoms with Crippen LogP contribution in [0, 0.1) is 0 Å². The van der Waals surface area contributed by atoms with Crippen molar-refractivity contribution in [2.24, 2.45) is 0 Å². The molecule has 2 aromatic heterocycles. The fraction of sp³-hybridized carbons (Fsp3) is 0.118. The van der Waals surface area contributed by atoms with E-state index in [2.05, 4.69) is 4.98 Å². The number of rotatable bonds is 3. The number of nitrogens with zero attached hydrogens (tertiary/aromatic N) is 2. The predicted octanol–water partition coefficient (Wildman–Crippen LogP) is 2.46. The number of amides is 1. The number of aromatic nitrogens is 1. The second kappa shape index (κ2) is 5.81. The molecule has 0 aliphatic carbocycles. The van der Waals surface area contributed by atoms with Gasteiger partial charge in [0.2, 0.25) is 0 Å². The molecule has 1 amide bonds. The molecule has 0 aliphatic heterocycles. The molecule has 2 heterocycles. The highest BCUT2D eigenvalue weighted by molar-refractivity contribution is 5.96. The van der Waals surface area contributed by atoms with Crippen molar-refractivity contribution in [3.63, 3.8) is 0 Å². The van der Waals surface area contributed by atoms with Crippen molar-refractivity contribution < 1.29 is 9.21 Å². The molecule has 0 fully saturated rings. The fourth-order valence-electron chi connectivity index (χ4n) is 2.22. The molecule has 5 nitrogen and oxygen atoms in total. The summed E-state index contributed by atoms with van der Waals surface area (Å²) in [7, 11) is 1.63. The van der Waals surface area contributed by atoms with Gasteiger partial charge in [0.15, 0.2) is 0 Å². The van der Waals surface area contributed by atoms with E-state index in [1.165, 1.54) is 4.90 Å². The molecule has 22 heavy (non-hydrogen) atoms. The minimum absolute atomic E-state index is 0.0251. The van der Waals surface area contributed by atoms with Crippen LogP contribution in [0.3, 0.4) is 0 Å². The molecule has 0 aliphatic rings. The first kappa shape index (κ1) is 14.0. The summed E-state index contributed by atoms with van der Waals surface area (Å²) in [6, 6.07) is 14.2. The first-order chi connectivity index (χ1) is 10.6. The van der Waals surface area contributed by atoms with E-state index in [-0.39, 0.29) is 11.5 Å². The topological polar surface area (TPSA) is 63.4 Å². The van der Waals surface area contributed by atoms with Crippen LogP contribution in [0.1, 0.15) is 16.1 Å². The highest BCUT2D eigenvalue weighted by Crippen LogP contribution is 2.14. The second-order valence-corrected chi connectivity index (χ2v) is 4.97. The SMILES string of the molecule is CN(Cc1ccccn1)C(=O)c1cc2ccccc2oc1=O. The van der Waals surface area contributed by atoms with Gasteiger partial charge in [-0.2, -0.15) is 0 Å². The second-order valence-electron chi connectivity index (χ2n) is 4.97.